The molecule has 0 spiro atoms. The van der Waals surface area contributed by atoms with Crippen LogP contribution >= 0.6 is 11.6 Å². The van der Waals surface area contributed by atoms with E-state index in [1.165, 1.54) is 47.5 Å². The predicted octanol–water partition coefficient (Wildman–Crippen LogP) is 4.60. The number of hydrogen-bond acceptors (Lipinski definition) is 6. The number of carbonyl (C=O) groups excluding carboxylic acids is 3. The molecule has 2 aromatic carbocycles. The Morgan fingerprint density at radius 1 is 1.19 bits per heavy atom. The van der Waals surface area contributed by atoms with Gasteiger partial charge in [-0.3, -0.25) is 9.59 Å². The zero-order valence-corrected chi connectivity index (χ0v) is 19.9. The summed E-state index contributed by atoms with van der Waals surface area (Å²) >= 11 is 6.02. The summed E-state index contributed by atoms with van der Waals surface area (Å²) < 4.78 is 33.6. The first kappa shape index (κ1) is 25.6. The van der Waals surface area contributed by atoms with Gasteiger partial charge >= 0.3 is 6.03 Å². The van der Waals surface area contributed by atoms with E-state index in [9.17, 15) is 23.2 Å². The first-order valence-electron chi connectivity index (χ1n) is 10.9. The lowest BCUT2D eigenvalue weighted by Gasteiger charge is -2.37. The fourth-order valence-electron chi connectivity index (χ4n) is 3.63. The van der Waals surface area contributed by atoms with Crippen molar-refractivity contribution in [3.05, 3.63) is 84.0 Å². The van der Waals surface area contributed by atoms with Gasteiger partial charge < -0.3 is 20.7 Å². The lowest BCUT2D eigenvalue weighted by atomic mass is 10.0. The molecule has 2 heterocycles. The van der Waals surface area contributed by atoms with Crippen molar-refractivity contribution >= 4 is 46.6 Å². The number of amides is 4. The summed E-state index contributed by atoms with van der Waals surface area (Å²) in [5.74, 6) is -4.36. The van der Waals surface area contributed by atoms with E-state index in [-0.39, 0.29) is 46.8 Å². The molecule has 1 aliphatic heterocycles. The number of pyridine rings is 1. The molecule has 190 valence electrons. The van der Waals surface area contributed by atoms with Gasteiger partial charge in [0.1, 0.15) is 22.6 Å². The molecule has 0 saturated carbocycles. The van der Waals surface area contributed by atoms with Crippen LogP contribution < -0.4 is 20.7 Å². The van der Waals surface area contributed by atoms with Crippen molar-refractivity contribution in [2.24, 2.45) is 5.92 Å². The summed E-state index contributed by atoms with van der Waals surface area (Å²) in [5.41, 5.74) is 5.77. The molecule has 12 heteroatoms. The molecule has 3 N–H and O–H groups in total. The Labute approximate surface area is 215 Å². The summed E-state index contributed by atoms with van der Waals surface area (Å²) in [4.78, 5) is 45.0. The number of ether oxygens (including phenoxy) is 1. The summed E-state index contributed by atoms with van der Waals surface area (Å²) in [5, 5.41) is 2.50. The standard InChI is InChI=1S/C25H20ClF2N5O4/c1-2-11-32-13-17(24(35)33(25(32)36)16-6-3-14(27)4-7-16)23(34)31-15-5-8-19(18(28)12-15)37-20-9-10-30-22(29)21(20)26/h2-10,12,17H,1,11,13H2,(H2,29,30)(H,31,34). The number of nitrogens with zero attached hydrogens (tertiary/aromatic N) is 3. The molecule has 4 rings (SSSR count). The topological polar surface area (TPSA) is 118 Å². The van der Waals surface area contributed by atoms with Crippen LogP contribution in [0.25, 0.3) is 0 Å². The number of urea groups is 1. The van der Waals surface area contributed by atoms with Crippen LogP contribution in [0.15, 0.2) is 67.4 Å². The van der Waals surface area contributed by atoms with Crippen LogP contribution in [0, 0.1) is 17.6 Å². The van der Waals surface area contributed by atoms with E-state index in [0.29, 0.717) is 0 Å². The minimum absolute atomic E-state index is 0.0132. The number of carbonyl (C=O) groups is 3. The lowest BCUT2D eigenvalue weighted by Crippen LogP contribution is -2.59. The van der Waals surface area contributed by atoms with Gasteiger partial charge in [-0.25, -0.2) is 23.5 Å². The number of nitrogens with one attached hydrogen (secondary N) is 1. The SMILES string of the molecule is C=CCN1CC(C(=O)Nc2ccc(Oc3ccnc(N)c3Cl)c(F)c2)C(=O)N(c2ccc(F)cc2)C1=O. The van der Waals surface area contributed by atoms with Gasteiger partial charge in [-0.2, -0.15) is 0 Å². The number of benzene rings is 2. The van der Waals surface area contributed by atoms with Crippen LogP contribution in [0.1, 0.15) is 0 Å². The Hall–Kier alpha value is -4.51. The number of rotatable bonds is 7. The molecule has 1 atom stereocenters. The second-order valence-corrected chi connectivity index (χ2v) is 8.30. The van der Waals surface area contributed by atoms with Crippen molar-refractivity contribution in [3.63, 3.8) is 0 Å². The molecule has 1 unspecified atom stereocenters. The number of hydrogen-bond donors (Lipinski definition) is 2. The average molecular weight is 528 g/mol. The summed E-state index contributed by atoms with van der Waals surface area (Å²) in [6.45, 7) is 3.44. The normalized spacial score (nSPS) is 15.5. The Bertz CT molecular complexity index is 1390. The van der Waals surface area contributed by atoms with Gasteiger partial charge in [0.05, 0.1) is 5.69 Å². The molecular formula is C25H20ClF2N5O4. The highest BCUT2D eigenvalue weighted by molar-refractivity contribution is 6.34. The second kappa shape index (κ2) is 10.6. The lowest BCUT2D eigenvalue weighted by molar-refractivity contribution is -0.132. The van der Waals surface area contributed by atoms with Gasteiger partial charge in [-0.15, -0.1) is 6.58 Å². The molecule has 9 nitrogen and oxygen atoms in total. The summed E-state index contributed by atoms with van der Waals surface area (Å²) in [6, 6.07) is 9.07. The maximum absolute atomic E-state index is 14.7. The van der Waals surface area contributed by atoms with E-state index in [4.69, 9.17) is 22.1 Å². The highest BCUT2D eigenvalue weighted by Crippen LogP contribution is 2.34. The third-order valence-electron chi connectivity index (χ3n) is 5.43. The minimum Gasteiger partial charge on any atom is -0.453 e. The molecule has 0 radical (unpaired) electrons. The van der Waals surface area contributed by atoms with Gasteiger partial charge in [-0.1, -0.05) is 17.7 Å². The maximum atomic E-state index is 14.7. The van der Waals surface area contributed by atoms with Gasteiger partial charge in [0.2, 0.25) is 11.8 Å². The zero-order valence-electron chi connectivity index (χ0n) is 19.2. The van der Waals surface area contributed by atoms with E-state index in [2.05, 4.69) is 16.9 Å². The van der Waals surface area contributed by atoms with E-state index in [1.54, 1.807) is 0 Å². The first-order valence-corrected chi connectivity index (χ1v) is 11.2. The second-order valence-electron chi connectivity index (χ2n) is 7.92. The number of anilines is 3. The van der Waals surface area contributed by atoms with E-state index < -0.39 is 35.4 Å². The number of aromatic nitrogens is 1. The van der Waals surface area contributed by atoms with Gasteiger partial charge in [0, 0.05) is 37.1 Å². The van der Waals surface area contributed by atoms with Crippen LogP contribution in [0.2, 0.25) is 5.02 Å². The van der Waals surface area contributed by atoms with Crippen molar-refractivity contribution in [3.8, 4) is 11.5 Å². The highest BCUT2D eigenvalue weighted by atomic mass is 35.5. The Balaban J connectivity index is 1.54. The first-order chi connectivity index (χ1) is 17.7. The molecule has 4 amide bonds. The Morgan fingerprint density at radius 3 is 2.59 bits per heavy atom. The Kier molecular flexibility index (Phi) is 7.35. The monoisotopic (exact) mass is 527 g/mol. The number of imide groups is 1. The smallest absolute Gasteiger partial charge is 0.331 e. The largest absolute Gasteiger partial charge is 0.453 e. The Morgan fingerprint density at radius 2 is 1.92 bits per heavy atom. The number of nitrogen functional groups attached to an aromatic ring is 1. The maximum Gasteiger partial charge on any atom is 0.331 e. The molecular weight excluding hydrogens is 508 g/mol. The third kappa shape index (κ3) is 5.36. The van der Waals surface area contributed by atoms with E-state index in [1.807, 2.05) is 0 Å². The van der Waals surface area contributed by atoms with Crippen LogP contribution in [0.4, 0.5) is 30.8 Å². The fraction of sp³-hybridized carbons (Fsp3) is 0.120. The molecule has 1 saturated heterocycles. The quantitative estimate of drug-likeness (QED) is 0.342. The van der Waals surface area contributed by atoms with Gasteiger partial charge in [0.25, 0.3) is 0 Å². The van der Waals surface area contributed by atoms with Crippen LogP contribution in [-0.4, -0.2) is 40.8 Å². The average Bonchev–Trinajstić information content (AvgIpc) is 2.86. The molecule has 1 aromatic heterocycles. The molecule has 3 aromatic rings. The molecule has 0 bridgehead atoms. The zero-order chi connectivity index (χ0) is 26.7. The van der Waals surface area contributed by atoms with Crippen molar-refractivity contribution in [1.29, 1.82) is 0 Å². The molecule has 37 heavy (non-hydrogen) atoms. The summed E-state index contributed by atoms with van der Waals surface area (Å²) in [7, 11) is 0. The van der Waals surface area contributed by atoms with Crippen LogP contribution in [0.5, 0.6) is 11.5 Å². The fourth-order valence-corrected chi connectivity index (χ4v) is 3.78. The molecule has 0 aliphatic carbocycles. The van der Waals surface area contributed by atoms with Crippen molar-refractivity contribution in [2.45, 2.75) is 0 Å². The number of halogens is 3. The number of nitrogens with two attached hydrogens (primary N) is 1. The molecule has 1 aliphatic rings. The van der Waals surface area contributed by atoms with Gasteiger partial charge in [0.15, 0.2) is 17.3 Å². The summed E-state index contributed by atoms with van der Waals surface area (Å²) in [6.07, 6.45) is 2.79. The highest BCUT2D eigenvalue weighted by Gasteiger charge is 2.43. The minimum atomic E-state index is -1.32. The van der Waals surface area contributed by atoms with Crippen molar-refractivity contribution in [1.82, 2.24) is 9.88 Å². The van der Waals surface area contributed by atoms with Crippen molar-refractivity contribution in [2.75, 3.05) is 29.0 Å². The van der Waals surface area contributed by atoms with E-state index in [0.717, 1.165) is 23.1 Å². The predicted molar refractivity (Wildman–Crippen MR) is 133 cm³/mol. The third-order valence-corrected chi connectivity index (χ3v) is 5.81. The molecule has 1 fully saturated rings. The van der Waals surface area contributed by atoms with Crippen molar-refractivity contribution < 1.29 is 27.9 Å². The van der Waals surface area contributed by atoms with Gasteiger partial charge in [-0.05, 0) is 36.4 Å². The van der Waals surface area contributed by atoms with Crippen LogP contribution in [0.3, 0.4) is 0 Å². The van der Waals surface area contributed by atoms with E-state index >= 15 is 0 Å². The van der Waals surface area contributed by atoms with Crippen LogP contribution in [-0.2, 0) is 9.59 Å².